The minimum absolute atomic E-state index is 0.0763. The number of hydrogen-bond acceptors (Lipinski definition) is 4. The number of rotatable bonds is 6. The Labute approximate surface area is 164 Å². The van der Waals surface area contributed by atoms with Crippen LogP contribution in [0.3, 0.4) is 0 Å². The molecule has 0 saturated carbocycles. The van der Waals surface area contributed by atoms with Crippen LogP contribution in [0.4, 0.5) is 4.79 Å². The van der Waals surface area contributed by atoms with Gasteiger partial charge in [0.2, 0.25) is 5.91 Å². The molecule has 7 nitrogen and oxygen atoms in total. The SMILES string of the molecule is Cc1ccc(C2(C)NC(=O)N(CC(=O)N(Cc3ccccc3)C(C)C)C2=O)o1. The number of carbonyl (C=O) groups excluding carboxylic acids is 3. The fourth-order valence-electron chi connectivity index (χ4n) is 3.28. The third-order valence-electron chi connectivity index (χ3n) is 4.94. The molecular formula is C21H25N3O4. The maximum Gasteiger partial charge on any atom is 0.325 e. The molecule has 1 N–H and O–H groups in total. The molecule has 1 aliphatic heterocycles. The van der Waals surface area contributed by atoms with Gasteiger partial charge in [0.15, 0.2) is 5.54 Å². The number of urea groups is 1. The van der Waals surface area contributed by atoms with E-state index in [1.54, 1.807) is 30.9 Å². The molecule has 148 valence electrons. The first-order chi connectivity index (χ1) is 13.2. The molecule has 0 bridgehead atoms. The Balaban J connectivity index is 1.77. The Morgan fingerprint density at radius 3 is 2.43 bits per heavy atom. The molecule has 1 aliphatic rings. The summed E-state index contributed by atoms with van der Waals surface area (Å²) in [5.41, 5.74) is -0.328. The highest BCUT2D eigenvalue weighted by Gasteiger charge is 2.51. The van der Waals surface area contributed by atoms with Gasteiger partial charge in [-0.05, 0) is 45.4 Å². The number of furan rings is 1. The topological polar surface area (TPSA) is 82.9 Å². The van der Waals surface area contributed by atoms with Gasteiger partial charge in [0.05, 0.1) is 0 Å². The highest BCUT2D eigenvalue weighted by Crippen LogP contribution is 2.30. The van der Waals surface area contributed by atoms with Gasteiger partial charge < -0.3 is 14.6 Å². The molecule has 1 aromatic carbocycles. The van der Waals surface area contributed by atoms with Crippen LogP contribution in [0.25, 0.3) is 0 Å². The molecule has 7 heteroatoms. The monoisotopic (exact) mass is 383 g/mol. The minimum atomic E-state index is -1.31. The second kappa shape index (κ2) is 7.50. The van der Waals surface area contributed by atoms with Crippen molar-refractivity contribution in [2.24, 2.45) is 0 Å². The lowest BCUT2D eigenvalue weighted by Gasteiger charge is -2.28. The second-order valence-corrected chi connectivity index (χ2v) is 7.46. The van der Waals surface area contributed by atoms with Crippen LogP contribution in [0.5, 0.6) is 0 Å². The Hall–Kier alpha value is -3.09. The summed E-state index contributed by atoms with van der Waals surface area (Å²) in [6.07, 6.45) is 0. The van der Waals surface area contributed by atoms with Gasteiger partial charge in [0.25, 0.3) is 5.91 Å². The lowest BCUT2D eigenvalue weighted by atomic mass is 9.99. The quantitative estimate of drug-likeness (QED) is 0.778. The van der Waals surface area contributed by atoms with Crippen molar-refractivity contribution in [3.05, 3.63) is 59.5 Å². The Morgan fingerprint density at radius 2 is 1.86 bits per heavy atom. The number of benzene rings is 1. The summed E-state index contributed by atoms with van der Waals surface area (Å²) in [6.45, 7) is 7.26. The van der Waals surface area contributed by atoms with Crippen molar-refractivity contribution in [1.82, 2.24) is 15.1 Å². The summed E-state index contributed by atoms with van der Waals surface area (Å²) in [5.74, 6) is 0.204. The molecule has 28 heavy (non-hydrogen) atoms. The smallest absolute Gasteiger partial charge is 0.325 e. The first-order valence-electron chi connectivity index (χ1n) is 9.27. The van der Waals surface area contributed by atoms with E-state index in [9.17, 15) is 14.4 Å². The van der Waals surface area contributed by atoms with Crippen molar-refractivity contribution >= 4 is 17.8 Å². The largest absolute Gasteiger partial charge is 0.463 e. The number of imide groups is 1. The van der Waals surface area contributed by atoms with Crippen LogP contribution in [-0.2, 0) is 21.7 Å². The van der Waals surface area contributed by atoms with Crippen LogP contribution in [-0.4, -0.2) is 40.2 Å². The zero-order valence-corrected chi connectivity index (χ0v) is 16.6. The maximum atomic E-state index is 12.9. The number of nitrogens with one attached hydrogen (secondary N) is 1. The van der Waals surface area contributed by atoms with E-state index in [0.717, 1.165) is 10.5 Å². The average Bonchev–Trinajstić information content (AvgIpc) is 3.18. The molecule has 2 aromatic rings. The standard InChI is InChI=1S/C21H25N3O4/c1-14(2)23(12-16-8-6-5-7-9-16)18(25)13-24-19(26)21(4,22-20(24)27)17-11-10-15(3)28-17/h5-11,14H,12-13H2,1-4H3,(H,22,27). The first-order valence-corrected chi connectivity index (χ1v) is 9.27. The van der Waals surface area contributed by atoms with E-state index in [-0.39, 0.29) is 18.5 Å². The molecule has 1 atom stereocenters. The highest BCUT2D eigenvalue weighted by atomic mass is 16.3. The van der Waals surface area contributed by atoms with Crippen molar-refractivity contribution in [2.45, 2.75) is 45.8 Å². The molecule has 1 unspecified atom stereocenters. The van der Waals surface area contributed by atoms with Crippen molar-refractivity contribution in [3.63, 3.8) is 0 Å². The molecule has 4 amide bonds. The van der Waals surface area contributed by atoms with Gasteiger partial charge in [-0.15, -0.1) is 0 Å². The lowest BCUT2D eigenvalue weighted by Crippen LogP contribution is -2.46. The molecule has 1 aromatic heterocycles. The van der Waals surface area contributed by atoms with E-state index in [1.165, 1.54) is 0 Å². The van der Waals surface area contributed by atoms with Crippen molar-refractivity contribution < 1.29 is 18.8 Å². The number of hydrogen-bond donors (Lipinski definition) is 1. The van der Waals surface area contributed by atoms with Gasteiger partial charge in [-0.25, -0.2) is 4.79 Å². The van der Waals surface area contributed by atoms with Crippen molar-refractivity contribution in [1.29, 1.82) is 0 Å². The molecule has 3 rings (SSSR count). The molecule has 0 spiro atoms. The number of amides is 4. The van der Waals surface area contributed by atoms with Gasteiger partial charge in [-0.1, -0.05) is 30.3 Å². The van der Waals surface area contributed by atoms with Gasteiger partial charge >= 0.3 is 6.03 Å². The molecule has 1 fully saturated rings. The minimum Gasteiger partial charge on any atom is -0.463 e. The van der Waals surface area contributed by atoms with Gasteiger partial charge in [0.1, 0.15) is 18.1 Å². The van der Waals surface area contributed by atoms with Crippen molar-refractivity contribution in [2.75, 3.05) is 6.54 Å². The maximum absolute atomic E-state index is 12.9. The summed E-state index contributed by atoms with van der Waals surface area (Å²) in [6, 6.07) is 12.3. The zero-order valence-electron chi connectivity index (χ0n) is 16.6. The molecule has 2 heterocycles. The number of carbonyl (C=O) groups is 3. The van der Waals surface area contributed by atoms with Crippen LogP contribution in [0.1, 0.15) is 37.9 Å². The number of aryl methyl sites for hydroxylation is 1. The Kier molecular flexibility index (Phi) is 5.27. The third kappa shape index (κ3) is 3.65. The van der Waals surface area contributed by atoms with Crippen LogP contribution < -0.4 is 5.32 Å². The fourth-order valence-corrected chi connectivity index (χ4v) is 3.28. The third-order valence-corrected chi connectivity index (χ3v) is 4.94. The second-order valence-electron chi connectivity index (χ2n) is 7.46. The van der Waals surface area contributed by atoms with Gasteiger partial charge in [-0.3, -0.25) is 14.5 Å². The molecule has 0 aliphatic carbocycles. The normalized spacial score (nSPS) is 19.2. The van der Waals surface area contributed by atoms with E-state index >= 15 is 0 Å². The fraction of sp³-hybridized carbons (Fsp3) is 0.381. The Bertz CT molecular complexity index is 890. The van der Waals surface area contributed by atoms with E-state index in [2.05, 4.69) is 5.32 Å². The van der Waals surface area contributed by atoms with Gasteiger partial charge in [-0.2, -0.15) is 0 Å². The van der Waals surface area contributed by atoms with Crippen LogP contribution >= 0.6 is 0 Å². The summed E-state index contributed by atoms with van der Waals surface area (Å²) in [4.78, 5) is 40.9. The summed E-state index contributed by atoms with van der Waals surface area (Å²) < 4.78 is 5.55. The van der Waals surface area contributed by atoms with E-state index in [0.29, 0.717) is 18.1 Å². The zero-order chi connectivity index (χ0) is 20.5. The van der Waals surface area contributed by atoms with Crippen LogP contribution in [0, 0.1) is 6.92 Å². The molecule has 1 saturated heterocycles. The predicted molar refractivity (Wildman–Crippen MR) is 103 cm³/mol. The first kappa shape index (κ1) is 19.7. The summed E-state index contributed by atoms with van der Waals surface area (Å²) >= 11 is 0. The van der Waals surface area contributed by atoms with E-state index in [1.807, 2.05) is 44.2 Å². The van der Waals surface area contributed by atoms with Crippen molar-refractivity contribution in [3.8, 4) is 0 Å². The van der Waals surface area contributed by atoms with Gasteiger partial charge in [0, 0.05) is 12.6 Å². The highest BCUT2D eigenvalue weighted by molar-refractivity contribution is 6.08. The van der Waals surface area contributed by atoms with Crippen LogP contribution in [0.2, 0.25) is 0 Å². The average molecular weight is 383 g/mol. The summed E-state index contributed by atoms with van der Waals surface area (Å²) in [5, 5.41) is 2.66. The Morgan fingerprint density at radius 1 is 1.18 bits per heavy atom. The molecular weight excluding hydrogens is 358 g/mol. The molecule has 0 radical (unpaired) electrons. The summed E-state index contributed by atoms with van der Waals surface area (Å²) in [7, 11) is 0. The number of nitrogens with zero attached hydrogens (tertiary/aromatic N) is 2. The lowest BCUT2D eigenvalue weighted by molar-refractivity contribution is -0.140. The van der Waals surface area contributed by atoms with Crippen LogP contribution in [0.15, 0.2) is 46.9 Å². The predicted octanol–water partition coefficient (Wildman–Crippen LogP) is 2.79. The van der Waals surface area contributed by atoms with E-state index in [4.69, 9.17) is 4.42 Å². The van der Waals surface area contributed by atoms with E-state index < -0.39 is 17.5 Å².